The molecule has 0 saturated heterocycles. The summed E-state index contributed by atoms with van der Waals surface area (Å²) in [5, 5.41) is 2.49. The molecule has 0 radical (unpaired) electrons. The van der Waals surface area contributed by atoms with Gasteiger partial charge in [-0.1, -0.05) is 12.1 Å². The van der Waals surface area contributed by atoms with Crippen LogP contribution in [0.15, 0.2) is 24.3 Å². The largest absolute Gasteiger partial charge is 0.453 e. The summed E-state index contributed by atoms with van der Waals surface area (Å²) in [6.07, 6.45) is 0. The van der Waals surface area contributed by atoms with Gasteiger partial charge in [-0.25, -0.2) is 4.79 Å². The van der Waals surface area contributed by atoms with E-state index in [4.69, 9.17) is 4.74 Å². The van der Waals surface area contributed by atoms with E-state index >= 15 is 0 Å². The molecule has 0 spiro atoms. The zero-order valence-electron chi connectivity index (χ0n) is 10.5. The summed E-state index contributed by atoms with van der Waals surface area (Å²) in [5.74, 6) is -1.63. The fourth-order valence-corrected chi connectivity index (χ4v) is 1.23. The number of esters is 1. The molecule has 17 heavy (non-hydrogen) atoms. The fourth-order valence-electron chi connectivity index (χ4n) is 1.23. The van der Waals surface area contributed by atoms with Crippen LogP contribution in [0, 0.1) is 6.92 Å². The van der Waals surface area contributed by atoms with Crippen molar-refractivity contribution in [1.29, 1.82) is 0 Å². The van der Waals surface area contributed by atoms with Crippen LogP contribution in [0.2, 0.25) is 0 Å². The number of aryl methyl sites for hydroxylation is 1. The van der Waals surface area contributed by atoms with Crippen LogP contribution in [0.5, 0.6) is 0 Å². The quantitative estimate of drug-likeness (QED) is 0.600. The number of anilines is 1. The Morgan fingerprint density at radius 1 is 1.24 bits per heavy atom. The van der Waals surface area contributed by atoms with Crippen LogP contribution in [-0.4, -0.2) is 17.5 Å². The van der Waals surface area contributed by atoms with Gasteiger partial charge in [0.25, 0.3) is 0 Å². The van der Waals surface area contributed by atoms with Gasteiger partial charge < -0.3 is 10.1 Å². The molecule has 1 aromatic carbocycles. The Bertz CT molecular complexity index is 433. The summed E-state index contributed by atoms with van der Waals surface area (Å²) in [7, 11) is 0. The van der Waals surface area contributed by atoms with Crippen molar-refractivity contribution >= 4 is 17.6 Å². The predicted molar refractivity (Wildman–Crippen MR) is 65.7 cm³/mol. The Hall–Kier alpha value is -1.84. The maximum Gasteiger partial charge on any atom is 0.397 e. The number of rotatable bonds is 1. The molecular formula is C13H17NO3. The summed E-state index contributed by atoms with van der Waals surface area (Å²) in [6, 6.07) is 7.21. The smallest absolute Gasteiger partial charge is 0.397 e. The Balaban J connectivity index is 2.64. The molecule has 0 aromatic heterocycles. The Labute approximate surface area is 101 Å². The van der Waals surface area contributed by atoms with Gasteiger partial charge in [-0.2, -0.15) is 0 Å². The van der Waals surface area contributed by atoms with Crippen molar-refractivity contribution in [3.05, 3.63) is 29.8 Å². The summed E-state index contributed by atoms with van der Waals surface area (Å²) >= 11 is 0. The first-order valence-corrected chi connectivity index (χ1v) is 5.39. The van der Waals surface area contributed by atoms with E-state index in [1.54, 1.807) is 39.0 Å². The van der Waals surface area contributed by atoms with Crippen LogP contribution in [0.1, 0.15) is 26.3 Å². The number of ether oxygens (including phenoxy) is 1. The predicted octanol–water partition coefficient (Wildman–Crippen LogP) is 2.28. The first-order chi connectivity index (χ1) is 7.78. The fraction of sp³-hybridized carbons (Fsp3) is 0.385. The number of carbonyl (C=O) groups excluding carboxylic acids is 2. The summed E-state index contributed by atoms with van der Waals surface area (Å²) in [5.41, 5.74) is 0.925. The van der Waals surface area contributed by atoms with Gasteiger partial charge in [-0.15, -0.1) is 0 Å². The highest BCUT2D eigenvalue weighted by atomic mass is 16.6. The minimum Gasteiger partial charge on any atom is -0.453 e. The molecule has 1 aromatic rings. The molecule has 4 heteroatoms. The SMILES string of the molecule is Cc1cccc(NC(=O)C(=O)OC(C)(C)C)c1. The summed E-state index contributed by atoms with van der Waals surface area (Å²) in [4.78, 5) is 22.9. The lowest BCUT2D eigenvalue weighted by molar-refractivity contribution is -0.161. The van der Waals surface area contributed by atoms with E-state index in [1.807, 2.05) is 13.0 Å². The minimum atomic E-state index is -0.876. The van der Waals surface area contributed by atoms with Crippen LogP contribution < -0.4 is 5.32 Å². The lowest BCUT2D eigenvalue weighted by atomic mass is 10.2. The zero-order chi connectivity index (χ0) is 13.1. The Morgan fingerprint density at radius 2 is 1.88 bits per heavy atom. The van der Waals surface area contributed by atoms with E-state index in [9.17, 15) is 9.59 Å². The van der Waals surface area contributed by atoms with Crippen molar-refractivity contribution in [2.75, 3.05) is 5.32 Å². The van der Waals surface area contributed by atoms with Crippen LogP contribution in [0.3, 0.4) is 0 Å². The number of hydrogen-bond donors (Lipinski definition) is 1. The molecule has 1 rings (SSSR count). The van der Waals surface area contributed by atoms with Crippen molar-refractivity contribution in [2.45, 2.75) is 33.3 Å². The molecule has 4 nitrogen and oxygen atoms in total. The van der Waals surface area contributed by atoms with Crippen molar-refractivity contribution in [1.82, 2.24) is 0 Å². The average Bonchev–Trinajstić information content (AvgIpc) is 2.14. The van der Waals surface area contributed by atoms with Crippen LogP contribution in [-0.2, 0) is 14.3 Å². The Kier molecular flexibility index (Phi) is 3.89. The molecule has 0 atom stereocenters. The van der Waals surface area contributed by atoms with Crippen molar-refractivity contribution < 1.29 is 14.3 Å². The maximum atomic E-state index is 11.5. The van der Waals surface area contributed by atoms with Crippen molar-refractivity contribution in [3.63, 3.8) is 0 Å². The maximum absolute atomic E-state index is 11.5. The number of nitrogens with one attached hydrogen (secondary N) is 1. The highest BCUT2D eigenvalue weighted by molar-refractivity contribution is 6.37. The van der Waals surface area contributed by atoms with Gasteiger partial charge >= 0.3 is 11.9 Å². The van der Waals surface area contributed by atoms with Gasteiger partial charge in [0.05, 0.1) is 0 Å². The van der Waals surface area contributed by atoms with E-state index in [0.717, 1.165) is 5.56 Å². The minimum absolute atomic E-state index is 0.584. The topological polar surface area (TPSA) is 55.4 Å². The van der Waals surface area contributed by atoms with Gasteiger partial charge in [0.2, 0.25) is 0 Å². The van der Waals surface area contributed by atoms with Gasteiger partial charge in [-0.05, 0) is 45.4 Å². The van der Waals surface area contributed by atoms with Crippen LogP contribution >= 0.6 is 0 Å². The molecule has 0 fully saturated rings. The highest BCUT2D eigenvalue weighted by Crippen LogP contribution is 2.11. The number of hydrogen-bond acceptors (Lipinski definition) is 3. The Morgan fingerprint density at radius 3 is 2.41 bits per heavy atom. The average molecular weight is 235 g/mol. The molecule has 0 saturated carbocycles. The standard InChI is InChI=1S/C13H17NO3/c1-9-6-5-7-10(8-9)14-11(15)12(16)17-13(2,3)4/h5-8H,1-4H3,(H,14,15). The van der Waals surface area contributed by atoms with Crippen LogP contribution in [0.25, 0.3) is 0 Å². The van der Waals surface area contributed by atoms with Crippen LogP contribution in [0.4, 0.5) is 5.69 Å². The van der Waals surface area contributed by atoms with Gasteiger partial charge in [-0.3, -0.25) is 4.79 Å². The van der Waals surface area contributed by atoms with Gasteiger partial charge in [0, 0.05) is 5.69 Å². The first kappa shape index (κ1) is 13.2. The molecule has 1 N–H and O–H groups in total. The zero-order valence-corrected chi connectivity index (χ0v) is 10.5. The normalized spacial score (nSPS) is 10.8. The molecule has 0 aliphatic rings. The number of benzene rings is 1. The molecule has 0 unspecified atom stereocenters. The van der Waals surface area contributed by atoms with Crippen molar-refractivity contribution in [2.24, 2.45) is 0 Å². The van der Waals surface area contributed by atoms with E-state index in [-0.39, 0.29) is 0 Å². The van der Waals surface area contributed by atoms with Gasteiger partial charge in [0.1, 0.15) is 5.60 Å². The molecular weight excluding hydrogens is 218 g/mol. The lowest BCUT2D eigenvalue weighted by Gasteiger charge is -2.18. The van der Waals surface area contributed by atoms with Gasteiger partial charge in [0.15, 0.2) is 0 Å². The third-order valence-corrected chi connectivity index (χ3v) is 1.86. The highest BCUT2D eigenvalue weighted by Gasteiger charge is 2.22. The van der Waals surface area contributed by atoms with E-state index in [0.29, 0.717) is 5.69 Å². The molecule has 0 aliphatic heterocycles. The molecule has 0 heterocycles. The molecule has 1 amide bonds. The number of amides is 1. The molecule has 0 aliphatic carbocycles. The van der Waals surface area contributed by atoms with E-state index in [1.165, 1.54) is 0 Å². The number of carbonyl (C=O) groups is 2. The molecule has 0 bridgehead atoms. The first-order valence-electron chi connectivity index (χ1n) is 5.39. The van der Waals surface area contributed by atoms with E-state index in [2.05, 4.69) is 5.32 Å². The lowest BCUT2D eigenvalue weighted by Crippen LogP contribution is -2.32. The third-order valence-electron chi connectivity index (χ3n) is 1.86. The molecule has 92 valence electrons. The summed E-state index contributed by atoms with van der Waals surface area (Å²) in [6.45, 7) is 7.05. The second-order valence-corrected chi connectivity index (χ2v) is 4.83. The third kappa shape index (κ3) is 4.68. The van der Waals surface area contributed by atoms with Crippen molar-refractivity contribution in [3.8, 4) is 0 Å². The second-order valence-electron chi connectivity index (χ2n) is 4.83. The second kappa shape index (κ2) is 4.99. The van der Waals surface area contributed by atoms with E-state index < -0.39 is 17.5 Å². The summed E-state index contributed by atoms with van der Waals surface area (Å²) < 4.78 is 4.95. The monoisotopic (exact) mass is 235 g/mol.